The maximum atomic E-state index is 10.5. The van der Waals surface area contributed by atoms with Gasteiger partial charge < -0.3 is 9.79 Å². The lowest BCUT2D eigenvalue weighted by atomic mass is 10.1. The smallest absolute Gasteiger partial charge is 0.303 e. The van der Waals surface area contributed by atoms with Gasteiger partial charge in [0.25, 0.3) is 0 Å². The molecule has 7 N–H and O–H groups in total. The van der Waals surface area contributed by atoms with Gasteiger partial charge in [-0.05, 0) is 11.1 Å². The Morgan fingerprint density at radius 3 is 2.59 bits per heavy atom. The number of nitrogens with one attached hydrogen (secondary N) is 1. The second-order valence-electron chi connectivity index (χ2n) is 3.39. The van der Waals surface area contributed by atoms with Gasteiger partial charge in [-0.1, -0.05) is 24.3 Å². The maximum Gasteiger partial charge on any atom is 0.469 e. The third kappa shape index (κ3) is 6.03. The van der Waals surface area contributed by atoms with Gasteiger partial charge in [-0.2, -0.15) is 0 Å². The number of hydrogen-bond acceptors (Lipinski definition) is 2. The number of phosphoric acid groups is 1. The zero-order valence-electron chi connectivity index (χ0n) is 9.04. The van der Waals surface area contributed by atoms with Crippen molar-refractivity contribution in [1.82, 2.24) is 0 Å². The lowest BCUT2D eigenvalue weighted by Crippen LogP contribution is -2.76. The summed E-state index contributed by atoms with van der Waals surface area (Å²) in [5.74, 6) is 0.113. The van der Waals surface area contributed by atoms with Crippen molar-refractivity contribution in [2.75, 3.05) is 0 Å². The van der Waals surface area contributed by atoms with Crippen molar-refractivity contribution in [3.63, 3.8) is 0 Å². The molecule has 0 spiro atoms. The zero-order valence-corrected chi connectivity index (χ0v) is 9.93. The average Bonchev–Trinajstić information content (AvgIpc) is 2.23. The van der Waals surface area contributed by atoms with Crippen molar-refractivity contribution in [2.45, 2.75) is 13.2 Å². The van der Waals surface area contributed by atoms with Gasteiger partial charge in [0.15, 0.2) is 0 Å². The first-order valence-electron chi connectivity index (χ1n) is 4.76. The van der Waals surface area contributed by atoms with Gasteiger partial charge in [0.05, 0.1) is 13.2 Å². The second-order valence-corrected chi connectivity index (χ2v) is 4.63. The third-order valence-electron chi connectivity index (χ3n) is 1.89. The van der Waals surface area contributed by atoms with E-state index >= 15 is 0 Å². The lowest BCUT2D eigenvalue weighted by molar-refractivity contribution is -0.477. The standard InChI is InChI=1S/C9H14N3O4P/c10-9(11)12-5-7-2-1-3-8(4-7)6-16-17(13,14)15/h1-4H,5-6H2,(H4,10,11,12)(H2,13,14,15)/p+1. The van der Waals surface area contributed by atoms with Crippen LogP contribution >= 0.6 is 7.82 Å². The molecule has 0 radical (unpaired) electrons. The average molecular weight is 260 g/mol. The number of phosphoric ester groups is 1. The fourth-order valence-corrected chi connectivity index (χ4v) is 1.51. The molecule has 0 aromatic heterocycles. The summed E-state index contributed by atoms with van der Waals surface area (Å²) in [5, 5.41) is 0. The summed E-state index contributed by atoms with van der Waals surface area (Å²) in [4.78, 5) is 19.9. The molecule has 7 nitrogen and oxygen atoms in total. The maximum absolute atomic E-state index is 10.5. The molecule has 0 heterocycles. The Bertz CT molecular complexity index is 453. The van der Waals surface area contributed by atoms with E-state index in [9.17, 15) is 4.57 Å². The quantitative estimate of drug-likeness (QED) is 0.240. The Labute approximate surface area is 98.4 Å². The minimum atomic E-state index is -4.44. The Kier molecular flexibility index (Phi) is 4.65. The van der Waals surface area contributed by atoms with Gasteiger partial charge in [0.1, 0.15) is 0 Å². The van der Waals surface area contributed by atoms with Crippen LogP contribution in [0.25, 0.3) is 0 Å². The monoisotopic (exact) mass is 260 g/mol. The molecule has 8 heteroatoms. The normalized spacial score (nSPS) is 11.2. The first-order chi connectivity index (χ1) is 7.87. The Balaban J connectivity index is 2.66. The molecule has 0 aliphatic heterocycles. The van der Waals surface area contributed by atoms with Gasteiger partial charge >= 0.3 is 13.8 Å². The van der Waals surface area contributed by atoms with Gasteiger partial charge in [-0.15, -0.1) is 0 Å². The van der Waals surface area contributed by atoms with E-state index in [-0.39, 0.29) is 12.6 Å². The minimum absolute atomic E-state index is 0.113. The van der Waals surface area contributed by atoms with Gasteiger partial charge in [-0.3, -0.25) is 21.0 Å². The zero-order chi connectivity index (χ0) is 12.9. The third-order valence-corrected chi connectivity index (χ3v) is 2.35. The molecule has 0 fully saturated rings. The van der Waals surface area contributed by atoms with Crippen LogP contribution in [0.5, 0.6) is 0 Å². The number of guanidine groups is 1. The largest absolute Gasteiger partial charge is 0.469 e. The molecule has 0 atom stereocenters. The van der Waals surface area contributed by atoms with Crippen LogP contribution in [0.15, 0.2) is 24.3 Å². The fraction of sp³-hybridized carbons (Fsp3) is 0.222. The SMILES string of the molecule is NC(N)=[NH+]Cc1cccc(COP(=O)(O)O)c1. The van der Waals surface area contributed by atoms with Crippen LogP contribution in [0.1, 0.15) is 11.1 Å². The van der Waals surface area contributed by atoms with Gasteiger partial charge in [-0.25, -0.2) is 4.57 Å². The Morgan fingerprint density at radius 1 is 1.35 bits per heavy atom. The van der Waals surface area contributed by atoms with Crippen molar-refractivity contribution in [1.29, 1.82) is 0 Å². The van der Waals surface area contributed by atoms with Crippen molar-refractivity contribution in [3.8, 4) is 0 Å². The highest BCUT2D eigenvalue weighted by atomic mass is 31.2. The van der Waals surface area contributed by atoms with E-state index < -0.39 is 7.82 Å². The van der Waals surface area contributed by atoms with Crippen molar-refractivity contribution >= 4 is 13.8 Å². The highest BCUT2D eigenvalue weighted by Crippen LogP contribution is 2.36. The van der Waals surface area contributed by atoms with Gasteiger partial charge in [0, 0.05) is 0 Å². The van der Waals surface area contributed by atoms with Crippen LogP contribution in [-0.4, -0.2) is 15.7 Å². The van der Waals surface area contributed by atoms with Gasteiger partial charge in [0.2, 0.25) is 0 Å². The van der Waals surface area contributed by atoms with E-state index in [1.807, 2.05) is 6.07 Å². The first-order valence-corrected chi connectivity index (χ1v) is 6.29. The molecule has 0 aliphatic carbocycles. The molecule has 0 aliphatic rings. The number of benzene rings is 1. The fourth-order valence-electron chi connectivity index (χ4n) is 1.19. The van der Waals surface area contributed by atoms with Crippen LogP contribution in [-0.2, 0) is 22.2 Å². The van der Waals surface area contributed by atoms with E-state index in [1.54, 1.807) is 18.2 Å². The summed E-state index contributed by atoms with van der Waals surface area (Å²) in [6.45, 7) is 0.284. The highest BCUT2D eigenvalue weighted by molar-refractivity contribution is 7.46. The number of hydrogen-bond donors (Lipinski definition) is 5. The minimum Gasteiger partial charge on any atom is -0.303 e. The molecule has 17 heavy (non-hydrogen) atoms. The molecule has 1 rings (SSSR count). The van der Waals surface area contributed by atoms with E-state index in [0.717, 1.165) is 5.56 Å². The van der Waals surface area contributed by atoms with E-state index in [1.165, 1.54) is 0 Å². The predicted molar refractivity (Wildman–Crippen MR) is 61.3 cm³/mol. The summed E-state index contributed by atoms with van der Waals surface area (Å²) >= 11 is 0. The second kappa shape index (κ2) is 5.79. The summed E-state index contributed by atoms with van der Waals surface area (Å²) in [6.07, 6.45) is 0. The Hall–Kier alpha value is -1.40. The van der Waals surface area contributed by atoms with E-state index in [4.69, 9.17) is 21.3 Å². The summed E-state index contributed by atoms with van der Waals surface area (Å²) in [6, 6.07) is 7.03. The molecule has 1 aromatic carbocycles. The molecule has 0 amide bonds. The van der Waals surface area contributed by atoms with Crippen molar-refractivity contribution in [3.05, 3.63) is 35.4 Å². The van der Waals surface area contributed by atoms with Crippen molar-refractivity contribution in [2.24, 2.45) is 11.5 Å². The van der Waals surface area contributed by atoms with Crippen LogP contribution in [0.2, 0.25) is 0 Å². The predicted octanol–water partition coefficient (Wildman–Crippen LogP) is -1.85. The van der Waals surface area contributed by atoms with E-state index in [0.29, 0.717) is 12.1 Å². The summed E-state index contributed by atoms with van der Waals surface area (Å²) < 4.78 is 14.9. The first kappa shape index (κ1) is 13.7. The molecule has 1 aromatic rings. The van der Waals surface area contributed by atoms with E-state index in [2.05, 4.69) is 9.52 Å². The van der Waals surface area contributed by atoms with Crippen LogP contribution < -0.4 is 16.5 Å². The van der Waals surface area contributed by atoms with Crippen LogP contribution in [0.3, 0.4) is 0 Å². The molecular weight excluding hydrogens is 245 g/mol. The summed E-state index contributed by atoms with van der Waals surface area (Å²) in [7, 11) is -4.44. The van der Waals surface area contributed by atoms with Crippen LogP contribution in [0.4, 0.5) is 0 Å². The Morgan fingerprint density at radius 2 is 2.00 bits per heavy atom. The summed E-state index contributed by atoms with van der Waals surface area (Å²) in [5.41, 5.74) is 12.0. The molecule has 0 bridgehead atoms. The lowest BCUT2D eigenvalue weighted by Gasteiger charge is -2.06. The topological polar surface area (TPSA) is 133 Å². The molecule has 0 saturated carbocycles. The van der Waals surface area contributed by atoms with Crippen molar-refractivity contribution < 1.29 is 23.9 Å². The number of rotatable bonds is 5. The highest BCUT2D eigenvalue weighted by Gasteiger charge is 2.13. The number of nitrogens with two attached hydrogens (primary N) is 2. The molecule has 0 saturated heterocycles. The van der Waals surface area contributed by atoms with Crippen LogP contribution in [0, 0.1) is 0 Å². The molecular formula is C9H15N3O4P+. The molecule has 94 valence electrons. The molecule has 0 unspecified atom stereocenters.